The molecule has 0 aliphatic carbocycles. The molecule has 3 nitrogen and oxygen atoms in total. The van der Waals surface area contributed by atoms with Gasteiger partial charge in [0.1, 0.15) is 0 Å². The van der Waals surface area contributed by atoms with E-state index in [9.17, 15) is 0 Å². The SMILES string of the molecule is Cc1ccnc(C#CCN2CCCCC2)n1. The Morgan fingerprint density at radius 3 is 2.88 bits per heavy atom. The first-order chi connectivity index (χ1) is 7.84. The molecular formula is C13H17N3. The topological polar surface area (TPSA) is 29.0 Å². The van der Waals surface area contributed by atoms with Gasteiger partial charge in [-0.2, -0.15) is 0 Å². The standard InChI is InChI=1S/C13H17N3/c1-12-7-8-14-13(15-12)6-5-11-16-9-3-2-4-10-16/h7-8H,2-4,9-11H2,1H3. The van der Waals surface area contributed by atoms with Gasteiger partial charge in [-0.15, -0.1) is 0 Å². The van der Waals surface area contributed by atoms with Gasteiger partial charge in [0.25, 0.3) is 0 Å². The molecule has 1 aliphatic rings. The molecule has 0 atom stereocenters. The summed E-state index contributed by atoms with van der Waals surface area (Å²) >= 11 is 0. The Kier molecular flexibility index (Phi) is 3.90. The van der Waals surface area contributed by atoms with Crippen molar-refractivity contribution in [2.45, 2.75) is 26.2 Å². The highest BCUT2D eigenvalue weighted by Crippen LogP contribution is 2.07. The van der Waals surface area contributed by atoms with E-state index in [1.54, 1.807) is 6.20 Å². The maximum Gasteiger partial charge on any atom is 0.205 e. The molecule has 1 aromatic heterocycles. The van der Waals surface area contributed by atoms with Crippen LogP contribution in [-0.2, 0) is 0 Å². The predicted octanol–water partition coefficient (Wildman–Crippen LogP) is 1.62. The summed E-state index contributed by atoms with van der Waals surface area (Å²) in [7, 11) is 0. The number of piperidine rings is 1. The molecule has 0 spiro atoms. The molecule has 0 radical (unpaired) electrons. The fourth-order valence-electron chi connectivity index (χ4n) is 1.86. The largest absolute Gasteiger partial charge is 0.292 e. The van der Waals surface area contributed by atoms with Gasteiger partial charge in [0, 0.05) is 11.9 Å². The summed E-state index contributed by atoms with van der Waals surface area (Å²) in [6.45, 7) is 5.17. The third-order valence-electron chi connectivity index (χ3n) is 2.75. The van der Waals surface area contributed by atoms with Crippen molar-refractivity contribution >= 4 is 0 Å². The normalized spacial score (nSPS) is 16.6. The second kappa shape index (κ2) is 5.62. The maximum atomic E-state index is 4.25. The summed E-state index contributed by atoms with van der Waals surface area (Å²) < 4.78 is 0. The van der Waals surface area contributed by atoms with Crippen molar-refractivity contribution in [3.63, 3.8) is 0 Å². The van der Waals surface area contributed by atoms with Gasteiger partial charge in [0.2, 0.25) is 5.82 Å². The van der Waals surface area contributed by atoms with Crippen LogP contribution in [0.2, 0.25) is 0 Å². The van der Waals surface area contributed by atoms with Crippen LogP contribution >= 0.6 is 0 Å². The lowest BCUT2D eigenvalue weighted by Crippen LogP contribution is -2.29. The summed E-state index contributed by atoms with van der Waals surface area (Å²) in [5, 5.41) is 0. The van der Waals surface area contributed by atoms with Crippen molar-refractivity contribution in [1.29, 1.82) is 0 Å². The van der Waals surface area contributed by atoms with Gasteiger partial charge in [-0.3, -0.25) is 4.90 Å². The molecule has 1 aromatic rings. The number of aryl methyl sites for hydroxylation is 1. The Labute approximate surface area is 96.9 Å². The lowest BCUT2D eigenvalue weighted by atomic mass is 10.1. The summed E-state index contributed by atoms with van der Waals surface area (Å²) in [6, 6.07) is 1.88. The summed E-state index contributed by atoms with van der Waals surface area (Å²) in [6.07, 6.45) is 5.74. The first kappa shape index (κ1) is 11.1. The highest BCUT2D eigenvalue weighted by Gasteiger charge is 2.07. The second-order valence-electron chi connectivity index (χ2n) is 4.16. The molecule has 1 saturated heterocycles. The number of rotatable bonds is 1. The average molecular weight is 215 g/mol. The van der Waals surface area contributed by atoms with Crippen molar-refractivity contribution in [1.82, 2.24) is 14.9 Å². The van der Waals surface area contributed by atoms with E-state index >= 15 is 0 Å². The minimum Gasteiger partial charge on any atom is -0.292 e. The molecule has 0 unspecified atom stereocenters. The van der Waals surface area contributed by atoms with Crippen LogP contribution in [0.1, 0.15) is 30.8 Å². The number of hydrogen-bond acceptors (Lipinski definition) is 3. The molecule has 3 heteroatoms. The number of aromatic nitrogens is 2. The Morgan fingerprint density at radius 2 is 2.12 bits per heavy atom. The van der Waals surface area contributed by atoms with Gasteiger partial charge in [0.15, 0.2) is 0 Å². The van der Waals surface area contributed by atoms with Crippen molar-refractivity contribution in [3.8, 4) is 11.8 Å². The summed E-state index contributed by atoms with van der Waals surface area (Å²) in [5.74, 6) is 6.80. The quantitative estimate of drug-likeness (QED) is 0.667. The highest BCUT2D eigenvalue weighted by atomic mass is 15.1. The van der Waals surface area contributed by atoms with E-state index in [1.165, 1.54) is 32.4 Å². The zero-order valence-corrected chi connectivity index (χ0v) is 9.74. The third kappa shape index (κ3) is 3.32. The van der Waals surface area contributed by atoms with Gasteiger partial charge in [0.05, 0.1) is 6.54 Å². The van der Waals surface area contributed by atoms with Crippen LogP contribution < -0.4 is 0 Å². The van der Waals surface area contributed by atoms with Crippen LogP contribution in [0.4, 0.5) is 0 Å². The van der Waals surface area contributed by atoms with Crippen LogP contribution in [0.5, 0.6) is 0 Å². The van der Waals surface area contributed by atoms with Crippen molar-refractivity contribution in [3.05, 3.63) is 23.8 Å². The van der Waals surface area contributed by atoms with Gasteiger partial charge < -0.3 is 0 Å². The van der Waals surface area contributed by atoms with E-state index in [2.05, 4.69) is 26.7 Å². The average Bonchev–Trinajstić information content (AvgIpc) is 2.30. The summed E-state index contributed by atoms with van der Waals surface area (Å²) in [5.41, 5.74) is 0.970. The van der Waals surface area contributed by atoms with Gasteiger partial charge in [-0.05, 0) is 44.8 Å². The maximum absolute atomic E-state index is 4.25. The zero-order chi connectivity index (χ0) is 11.2. The molecule has 1 aliphatic heterocycles. The first-order valence-corrected chi connectivity index (χ1v) is 5.85. The van der Waals surface area contributed by atoms with Gasteiger partial charge in [-0.25, -0.2) is 9.97 Å². The van der Waals surface area contributed by atoms with Crippen molar-refractivity contribution in [2.24, 2.45) is 0 Å². The van der Waals surface area contributed by atoms with Crippen LogP contribution in [0.25, 0.3) is 0 Å². The molecule has 2 heterocycles. The highest BCUT2D eigenvalue weighted by molar-refractivity contribution is 5.21. The number of nitrogens with zero attached hydrogens (tertiary/aromatic N) is 3. The van der Waals surface area contributed by atoms with E-state index in [-0.39, 0.29) is 0 Å². The fourth-order valence-corrected chi connectivity index (χ4v) is 1.86. The summed E-state index contributed by atoms with van der Waals surface area (Å²) in [4.78, 5) is 10.8. The van der Waals surface area contributed by atoms with Crippen molar-refractivity contribution in [2.75, 3.05) is 19.6 Å². The third-order valence-corrected chi connectivity index (χ3v) is 2.75. The van der Waals surface area contributed by atoms with E-state index in [4.69, 9.17) is 0 Å². The lowest BCUT2D eigenvalue weighted by molar-refractivity contribution is 0.255. The van der Waals surface area contributed by atoms with E-state index < -0.39 is 0 Å². The first-order valence-electron chi connectivity index (χ1n) is 5.85. The van der Waals surface area contributed by atoms with Gasteiger partial charge in [-0.1, -0.05) is 12.3 Å². The lowest BCUT2D eigenvalue weighted by Gasteiger charge is -2.23. The van der Waals surface area contributed by atoms with E-state index in [0.717, 1.165) is 12.2 Å². The van der Waals surface area contributed by atoms with Crippen LogP contribution in [0.15, 0.2) is 12.3 Å². The molecule has 2 rings (SSSR count). The minimum atomic E-state index is 0.636. The second-order valence-corrected chi connectivity index (χ2v) is 4.16. The molecular weight excluding hydrogens is 198 g/mol. The Hall–Kier alpha value is -1.40. The predicted molar refractivity (Wildman–Crippen MR) is 63.9 cm³/mol. The number of hydrogen-bond donors (Lipinski definition) is 0. The number of likely N-dealkylation sites (tertiary alicyclic amines) is 1. The molecule has 0 bridgehead atoms. The molecule has 0 aromatic carbocycles. The van der Waals surface area contributed by atoms with Crippen LogP contribution in [0, 0.1) is 18.8 Å². The molecule has 1 fully saturated rings. The zero-order valence-electron chi connectivity index (χ0n) is 9.74. The monoisotopic (exact) mass is 215 g/mol. The van der Waals surface area contributed by atoms with E-state index in [0.29, 0.717) is 5.82 Å². The molecule has 16 heavy (non-hydrogen) atoms. The van der Waals surface area contributed by atoms with E-state index in [1.807, 2.05) is 13.0 Å². The fraction of sp³-hybridized carbons (Fsp3) is 0.538. The Morgan fingerprint density at radius 1 is 1.31 bits per heavy atom. The van der Waals surface area contributed by atoms with Crippen LogP contribution in [-0.4, -0.2) is 34.5 Å². The van der Waals surface area contributed by atoms with Gasteiger partial charge >= 0.3 is 0 Å². The van der Waals surface area contributed by atoms with Crippen LogP contribution in [0.3, 0.4) is 0 Å². The minimum absolute atomic E-state index is 0.636. The van der Waals surface area contributed by atoms with Crippen molar-refractivity contribution < 1.29 is 0 Å². The molecule has 84 valence electrons. The smallest absolute Gasteiger partial charge is 0.205 e. The Bertz CT molecular complexity index is 397. The molecule has 0 saturated carbocycles. The molecule has 0 N–H and O–H groups in total. The Balaban J connectivity index is 1.89. The molecule has 0 amide bonds.